The fourth-order valence-electron chi connectivity index (χ4n) is 2.20. The molecule has 126 valence electrons. The van der Waals surface area contributed by atoms with Crippen LogP contribution in [0, 0.1) is 18.6 Å². The number of amides is 2. The fraction of sp³-hybridized carbons (Fsp3) is 0.176. The molecule has 0 unspecified atom stereocenters. The Morgan fingerprint density at radius 2 is 1.79 bits per heavy atom. The van der Waals surface area contributed by atoms with Gasteiger partial charge < -0.3 is 5.32 Å². The summed E-state index contributed by atoms with van der Waals surface area (Å²) in [5, 5.41) is 2.63. The number of nitrogens with zero attached hydrogens (tertiary/aromatic N) is 1. The number of hydrogen-bond acceptors (Lipinski definition) is 2. The van der Waals surface area contributed by atoms with E-state index in [-0.39, 0.29) is 0 Å². The van der Waals surface area contributed by atoms with Crippen LogP contribution in [-0.4, -0.2) is 18.4 Å². The van der Waals surface area contributed by atoms with Crippen molar-refractivity contribution < 1.29 is 18.4 Å². The predicted octanol–water partition coefficient (Wildman–Crippen LogP) is 4.03. The highest BCUT2D eigenvalue weighted by molar-refractivity contribution is 9.10. The molecular weight excluding hydrogens is 382 g/mol. The summed E-state index contributed by atoms with van der Waals surface area (Å²) in [6.07, 6.45) is 0. The second kappa shape index (κ2) is 7.53. The minimum Gasteiger partial charge on any atom is -0.324 e. The quantitative estimate of drug-likeness (QED) is 0.847. The highest BCUT2D eigenvalue weighted by Gasteiger charge is 2.22. The monoisotopic (exact) mass is 396 g/mol. The Bertz CT molecular complexity index is 776. The van der Waals surface area contributed by atoms with E-state index in [1.807, 2.05) is 6.07 Å². The Kier molecular flexibility index (Phi) is 5.66. The van der Waals surface area contributed by atoms with Gasteiger partial charge in [0.25, 0.3) is 0 Å². The normalized spacial score (nSPS) is 10.4. The Hall–Kier alpha value is -2.28. The SMILES string of the molecule is CC(=O)N(CC(=O)Nc1ccc(Br)cc1C)c1c(F)cccc1F. The van der Waals surface area contributed by atoms with Crippen molar-refractivity contribution >= 4 is 39.1 Å². The number of carbonyl (C=O) groups is 2. The molecule has 0 aliphatic rings. The molecule has 0 aliphatic heterocycles. The molecule has 0 heterocycles. The molecule has 0 aromatic heterocycles. The minimum atomic E-state index is -0.905. The summed E-state index contributed by atoms with van der Waals surface area (Å²) in [5.74, 6) is -3.00. The lowest BCUT2D eigenvalue weighted by Gasteiger charge is -2.22. The van der Waals surface area contributed by atoms with E-state index >= 15 is 0 Å². The molecule has 1 N–H and O–H groups in total. The van der Waals surface area contributed by atoms with E-state index in [1.165, 1.54) is 6.07 Å². The molecule has 0 aliphatic carbocycles. The summed E-state index contributed by atoms with van der Waals surface area (Å²) in [4.78, 5) is 24.7. The van der Waals surface area contributed by atoms with E-state index in [2.05, 4.69) is 21.2 Å². The summed E-state index contributed by atoms with van der Waals surface area (Å²) in [7, 11) is 0. The molecule has 0 fully saturated rings. The van der Waals surface area contributed by atoms with Gasteiger partial charge in [0.15, 0.2) is 0 Å². The van der Waals surface area contributed by atoms with Crippen LogP contribution in [0.4, 0.5) is 20.2 Å². The lowest BCUT2D eigenvalue weighted by molar-refractivity contribution is -0.120. The van der Waals surface area contributed by atoms with Crippen LogP contribution < -0.4 is 10.2 Å². The molecule has 0 saturated carbocycles. The van der Waals surface area contributed by atoms with Gasteiger partial charge in [-0.2, -0.15) is 0 Å². The highest BCUT2D eigenvalue weighted by Crippen LogP contribution is 2.24. The number of benzene rings is 2. The van der Waals surface area contributed by atoms with E-state index in [1.54, 1.807) is 19.1 Å². The van der Waals surface area contributed by atoms with E-state index in [4.69, 9.17) is 0 Å². The van der Waals surface area contributed by atoms with Crippen molar-refractivity contribution in [2.24, 2.45) is 0 Å². The average molecular weight is 397 g/mol. The fourth-order valence-corrected chi connectivity index (χ4v) is 2.67. The lowest BCUT2D eigenvalue weighted by atomic mass is 10.2. The first-order valence-corrected chi connectivity index (χ1v) is 7.87. The number of carbonyl (C=O) groups excluding carboxylic acids is 2. The van der Waals surface area contributed by atoms with E-state index in [0.29, 0.717) is 5.69 Å². The van der Waals surface area contributed by atoms with Crippen LogP contribution in [0.1, 0.15) is 12.5 Å². The van der Waals surface area contributed by atoms with E-state index < -0.39 is 35.7 Å². The maximum absolute atomic E-state index is 13.9. The van der Waals surface area contributed by atoms with Crippen molar-refractivity contribution in [3.05, 3.63) is 58.1 Å². The van der Waals surface area contributed by atoms with Crippen LogP contribution in [0.3, 0.4) is 0 Å². The van der Waals surface area contributed by atoms with Gasteiger partial charge in [-0.25, -0.2) is 8.78 Å². The number of halogens is 3. The summed E-state index contributed by atoms with van der Waals surface area (Å²) < 4.78 is 28.6. The molecule has 7 heteroatoms. The van der Waals surface area contributed by atoms with Crippen LogP contribution in [0.25, 0.3) is 0 Å². The van der Waals surface area contributed by atoms with Gasteiger partial charge in [-0.15, -0.1) is 0 Å². The molecular formula is C17H15BrF2N2O2. The third-order valence-corrected chi connectivity index (χ3v) is 3.85. The number of aryl methyl sites for hydroxylation is 1. The summed E-state index contributed by atoms with van der Waals surface area (Å²) in [6.45, 7) is 2.45. The Morgan fingerprint density at radius 3 is 2.33 bits per heavy atom. The molecule has 0 atom stereocenters. The summed E-state index contributed by atoms with van der Waals surface area (Å²) in [6, 6.07) is 8.52. The Morgan fingerprint density at radius 1 is 1.17 bits per heavy atom. The highest BCUT2D eigenvalue weighted by atomic mass is 79.9. The largest absolute Gasteiger partial charge is 0.324 e. The molecule has 2 aromatic rings. The first kappa shape index (κ1) is 18.1. The number of nitrogens with one attached hydrogen (secondary N) is 1. The van der Waals surface area contributed by atoms with Crippen molar-refractivity contribution in [1.29, 1.82) is 0 Å². The molecule has 0 spiro atoms. The van der Waals surface area contributed by atoms with Gasteiger partial charge in [-0.05, 0) is 42.8 Å². The van der Waals surface area contributed by atoms with E-state index in [9.17, 15) is 18.4 Å². The smallest absolute Gasteiger partial charge is 0.244 e. The van der Waals surface area contributed by atoms with Crippen LogP contribution in [0.2, 0.25) is 0 Å². The van der Waals surface area contributed by atoms with Gasteiger partial charge in [-0.3, -0.25) is 14.5 Å². The molecule has 0 radical (unpaired) electrons. The average Bonchev–Trinajstić information content (AvgIpc) is 2.48. The zero-order chi connectivity index (χ0) is 17.9. The van der Waals surface area contributed by atoms with Crippen LogP contribution >= 0.6 is 15.9 Å². The van der Waals surface area contributed by atoms with Crippen molar-refractivity contribution in [2.75, 3.05) is 16.8 Å². The van der Waals surface area contributed by atoms with Gasteiger partial charge in [0.2, 0.25) is 11.8 Å². The zero-order valence-electron chi connectivity index (χ0n) is 13.1. The van der Waals surface area contributed by atoms with Crippen molar-refractivity contribution in [2.45, 2.75) is 13.8 Å². The molecule has 0 bridgehead atoms. The van der Waals surface area contributed by atoms with Crippen LogP contribution in [-0.2, 0) is 9.59 Å². The molecule has 2 rings (SSSR count). The molecule has 0 saturated heterocycles. The topological polar surface area (TPSA) is 49.4 Å². The number of anilines is 2. The Balaban J connectivity index is 2.22. The first-order chi connectivity index (χ1) is 11.3. The number of para-hydroxylation sites is 1. The Labute approximate surface area is 146 Å². The lowest BCUT2D eigenvalue weighted by Crippen LogP contribution is -2.38. The second-order valence-electron chi connectivity index (χ2n) is 5.18. The van der Waals surface area contributed by atoms with Gasteiger partial charge in [-0.1, -0.05) is 22.0 Å². The third kappa shape index (κ3) is 4.17. The predicted molar refractivity (Wildman–Crippen MR) is 91.9 cm³/mol. The molecule has 24 heavy (non-hydrogen) atoms. The van der Waals surface area contributed by atoms with Crippen molar-refractivity contribution in [3.8, 4) is 0 Å². The van der Waals surface area contributed by atoms with Crippen molar-refractivity contribution in [3.63, 3.8) is 0 Å². The van der Waals surface area contributed by atoms with Gasteiger partial charge in [0, 0.05) is 17.1 Å². The van der Waals surface area contributed by atoms with Crippen LogP contribution in [0.15, 0.2) is 40.9 Å². The maximum atomic E-state index is 13.9. The standard InChI is InChI=1S/C17H15BrF2N2O2/c1-10-8-12(18)6-7-15(10)21-16(24)9-22(11(2)23)17-13(19)4-3-5-14(17)20/h3-8H,9H2,1-2H3,(H,21,24). The summed E-state index contributed by atoms with van der Waals surface area (Å²) >= 11 is 3.32. The molecule has 2 amide bonds. The van der Waals surface area contributed by atoms with E-state index in [0.717, 1.165) is 34.0 Å². The van der Waals surface area contributed by atoms with Gasteiger partial charge >= 0.3 is 0 Å². The zero-order valence-corrected chi connectivity index (χ0v) is 14.7. The second-order valence-corrected chi connectivity index (χ2v) is 6.10. The van der Waals surface area contributed by atoms with Crippen molar-refractivity contribution in [1.82, 2.24) is 0 Å². The van der Waals surface area contributed by atoms with Crippen LogP contribution in [0.5, 0.6) is 0 Å². The maximum Gasteiger partial charge on any atom is 0.244 e. The molecule has 2 aromatic carbocycles. The number of rotatable bonds is 4. The van der Waals surface area contributed by atoms with Gasteiger partial charge in [0.1, 0.15) is 23.9 Å². The molecule has 4 nitrogen and oxygen atoms in total. The third-order valence-electron chi connectivity index (χ3n) is 3.35. The van der Waals surface area contributed by atoms with Gasteiger partial charge in [0.05, 0.1) is 0 Å². The summed E-state index contributed by atoms with van der Waals surface area (Å²) in [5.41, 5.74) is 0.831. The number of hydrogen-bond donors (Lipinski definition) is 1. The minimum absolute atomic E-state index is 0.497. The first-order valence-electron chi connectivity index (χ1n) is 7.07.